The maximum atomic E-state index is 12.8. The Kier molecular flexibility index (Phi) is 5.07. The highest BCUT2D eigenvalue weighted by atomic mass is 35.5. The molecule has 0 saturated carbocycles. The molecular weight excluding hydrogens is 317 g/mol. The van der Waals surface area contributed by atoms with Crippen molar-refractivity contribution in [3.8, 4) is 0 Å². The van der Waals surface area contributed by atoms with Gasteiger partial charge in [0.2, 0.25) is 10.0 Å². The molecule has 0 spiro atoms. The highest BCUT2D eigenvalue weighted by Crippen LogP contribution is 2.35. The fraction of sp³-hybridized carbons (Fsp3) is 0.455. The fourth-order valence-electron chi connectivity index (χ4n) is 2.04. The molecule has 2 rings (SSSR count). The Balaban J connectivity index is 0.00000200. The minimum Gasteiger partial charge on any atom is -0.326 e. The Hall–Kier alpha value is -0.830. The number of sulfonamides is 1. The monoisotopic (exact) mass is 330 g/mol. The van der Waals surface area contributed by atoms with E-state index in [1.165, 1.54) is 6.07 Å². The summed E-state index contributed by atoms with van der Waals surface area (Å²) in [5, 5.41) is 0. The van der Waals surface area contributed by atoms with Gasteiger partial charge in [0, 0.05) is 19.1 Å². The summed E-state index contributed by atoms with van der Waals surface area (Å²) in [6.45, 7) is 0.199. The lowest BCUT2D eigenvalue weighted by molar-refractivity contribution is -0.139. The second-order valence-electron chi connectivity index (χ2n) is 4.41. The summed E-state index contributed by atoms with van der Waals surface area (Å²) < 4.78 is 63.9. The van der Waals surface area contributed by atoms with Crippen molar-refractivity contribution in [3.63, 3.8) is 0 Å². The van der Waals surface area contributed by atoms with Crippen LogP contribution in [-0.2, 0) is 16.2 Å². The third-order valence-corrected chi connectivity index (χ3v) is 4.92. The maximum Gasteiger partial charge on any atom is 0.417 e. The molecular formula is C11H14ClF3N2O2S. The van der Waals surface area contributed by atoms with Crippen molar-refractivity contribution in [2.45, 2.75) is 23.5 Å². The highest BCUT2D eigenvalue weighted by molar-refractivity contribution is 7.89. The van der Waals surface area contributed by atoms with Crippen LogP contribution in [0.5, 0.6) is 0 Å². The van der Waals surface area contributed by atoms with Crippen LogP contribution >= 0.6 is 12.4 Å². The third-order valence-electron chi connectivity index (χ3n) is 3.00. The van der Waals surface area contributed by atoms with Gasteiger partial charge in [-0.3, -0.25) is 0 Å². The highest BCUT2D eigenvalue weighted by Gasteiger charge is 2.40. The third kappa shape index (κ3) is 3.25. The largest absolute Gasteiger partial charge is 0.417 e. The van der Waals surface area contributed by atoms with Crippen molar-refractivity contribution in [2.24, 2.45) is 5.73 Å². The van der Waals surface area contributed by atoms with Crippen molar-refractivity contribution < 1.29 is 21.6 Å². The van der Waals surface area contributed by atoms with Gasteiger partial charge in [-0.1, -0.05) is 12.1 Å². The van der Waals surface area contributed by atoms with Crippen LogP contribution in [-0.4, -0.2) is 31.9 Å². The first-order chi connectivity index (χ1) is 8.73. The topological polar surface area (TPSA) is 63.4 Å². The van der Waals surface area contributed by atoms with E-state index < -0.39 is 26.7 Å². The molecule has 4 nitrogen and oxygen atoms in total. The number of nitrogens with two attached hydrogens (primary N) is 1. The average Bonchev–Trinajstić information content (AvgIpc) is 2.75. The Bertz CT molecular complexity index is 577. The molecule has 114 valence electrons. The van der Waals surface area contributed by atoms with Gasteiger partial charge >= 0.3 is 6.18 Å². The number of benzene rings is 1. The summed E-state index contributed by atoms with van der Waals surface area (Å²) >= 11 is 0. The summed E-state index contributed by atoms with van der Waals surface area (Å²) in [6, 6.07) is 3.86. The molecule has 0 amide bonds. The van der Waals surface area contributed by atoms with Crippen LogP contribution in [0.25, 0.3) is 0 Å². The molecule has 20 heavy (non-hydrogen) atoms. The average molecular weight is 331 g/mol. The molecule has 0 aliphatic carbocycles. The first kappa shape index (κ1) is 17.2. The fourth-order valence-corrected chi connectivity index (χ4v) is 3.76. The maximum absolute atomic E-state index is 12.8. The van der Waals surface area contributed by atoms with Crippen LogP contribution < -0.4 is 5.73 Å². The first-order valence-corrected chi connectivity index (χ1v) is 7.09. The number of halogens is 4. The predicted molar refractivity (Wildman–Crippen MR) is 70.0 cm³/mol. The normalized spacial score (nSPS) is 20.7. The van der Waals surface area contributed by atoms with E-state index in [2.05, 4.69) is 0 Å². The molecule has 1 aromatic rings. The van der Waals surface area contributed by atoms with Gasteiger partial charge in [0.15, 0.2) is 0 Å². The lowest BCUT2D eigenvalue weighted by Gasteiger charge is -2.19. The molecule has 0 radical (unpaired) electrons. The Morgan fingerprint density at radius 2 is 1.85 bits per heavy atom. The SMILES string of the molecule is Cl.N[C@H]1CCN(S(=O)(=O)c2ccccc2C(F)(F)F)C1. The van der Waals surface area contributed by atoms with Gasteiger partial charge < -0.3 is 5.73 Å². The van der Waals surface area contributed by atoms with E-state index >= 15 is 0 Å². The van der Waals surface area contributed by atoms with E-state index in [4.69, 9.17) is 5.73 Å². The van der Waals surface area contributed by atoms with Crippen LogP contribution in [0.3, 0.4) is 0 Å². The number of rotatable bonds is 2. The van der Waals surface area contributed by atoms with Crippen molar-refractivity contribution in [2.75, 3.05) is 13.1 Å². The van der Waals surface area contributed by atoms with Gasteiger partial charge in [0.1, 0.15) is 0 Å². The van der Waals surface area contributed by atoms with Crippen LogP contribution in [0.15, 0.2) is 29.2 Å². The molecule has 1 aliphatic rings. The van der Waals surface area contributed by atoms with Crippen LogP contribution in [0, 0.1) is 0 Å². The Labute approximate surface area is 121 Å². The van der Waals surface area contributed by atoms with E-state index in [1.54, 1.807) is 0 Å². The molecule has 1 heterocycles. The molecule has 1 atom stereocenters. The zero-order valence-corrected chi connectivity index (χ0v) is 11.9. The molecule has 1 aliphatic heterocycles. The zero-order valence-electron chi connectivity index (χ0n) is 10.3. The Morgan fingerprint density at radius 1 is 1.25 bits per heavy atom. The molecule has 1 fully saturated rings. The summed E-state index contributed by atoms with van der Waals surface area (Å²) in [7, 11) is -4.15. The van der Waals surface area contributed by atoms with Crippen LogP contribution in [0.4, 0.5) is 13.2 Å². The van der Waals surface area contributed by atoms with Crippen molar-refractivity contribution >= 4 is 22.4 Å². The van der Waals surface area contributed by atoms with Gasteiger partial charge in [-0.15, -0.1) is 12.4 Å². The predicted octanol–water partition coefficient (Wildman–Crippen LogP) is 1.85. The van der Waals surface area contributed by atoms with Gasteiger partial charge in [-0.05, 0) is 18.6 Å². The van der Waals surface area contributed by atoms with Crippen molar-refractivity contribution in [1.29, 1.82) is 0 Å². The van der Waals surface area contributed by atoms with Crippen molar-refractivity contribution in [3.05, 3.63) is 29.8 Å². The van der Waals surface area contributed by atoms with E-state index in [9.17, 15) is 21.6 Å². The minimum atomic E-state index is -4.70. The van der Waals surface area contributed by atoms with Gasteiger partial charge in [-0.25, -0.2) is 8.42 Å². The van der Waals surface area contributed by atoms with Gasteiger partial charge in [0.25, 0.3) is 0 Å². The second-order valence-corrected chi connectivity index (χ2v) is 6.31. The molecule has 1 saturated heterocycles. The smallest absolute Gasteiger partial charge is 0.326 e. The second kappa shape index (κ2) is 5.88. The number of hydrogen-bond acceptors (Lipinski definition) is 3. The number of hydrogen-bond donors (Lipinski definition) is 1. The van der Waals surface area contributed by atoms with Crippen LogP contribution in [0.2, 0.25) is 0 Å². The summed E-state index contributed by atoms with van der Waals surface area (Å²) in [5.41, 5.74) is 4.45. The first-order valence-electron chi connectivity index (χ1n) is 5.65. The number of alkyl halides is 3. The zero-order chi connectivity index (χ0) is 14.3. The summed E-state index contributed by atoms with van der Waals surface area (Å²) in [5.74, 6) is 0. The van der Waals surface area contributed by atoms with E-state index in [-0.39, 0.29) is 31.5 Å². The quantitative estimate of drug-likeness (QED) is 0.900. The van der Waals surface area contributed by atoms with E-state index in [1.807, 2.05) is 0 Å². The van der Waals surface area contributed by atoms with Gasteiger partial charge in [0.05, 0.1) is 10.5 Å². The van der Waals surface area contributed by atoms with E-state index in [0.717, 1.165) is 22.5 Å². The molecule has 0 bridgehead atoms. The Morgan fingerprint density at radius 3 is 2.35 bits per heavy atom. The summed E-state index contributed by atoms with van der Waals surface area (Å²) in [4.78, 5) is -0.711. The van der Waals surface area contributed by atoms with Gasteiger partial charge in [-0.2, -0.15) is 17.5 Å². The summed E-state index contributed by atoms with van der Waals surface area (Å²) in [6.07, 6.45) is -4.25. The molecule has 0 aromatic heterocycles. The minimum absolute atomic E-state index is 0. The standard InChI is InChI=1S/C11H13F3N2O2S.ClH/c12-11(13,14)9-3-1-2-4-10(9)19(17,18)16-6-5-8(15)7-16;/h1-4,8H,5-7,15H2;1H/t8-;/m0./s1. The lowest BCUT2D eigenvalue weighted by Crippen LogP contribution is -2.33. The lowest BCUT2D eigenvalue weighted by atomic mass is 10.2. The molecule has 1 aromatic carbocycles. The van der Waals surface area contributed by atoms with E-state index in [0.29, 0.717) is 6.42 Å². The van der Waals surface area contributed by atoms with Crippen LogP contribution in [0.1, 0.15) is 12.0 Å². The molecule has 9 heteroatoms. The molecule has 0 unspecified atom stereocenters. The number of nitrogens with zero attached hydrogens (tertiary/aromatic N) is 1. The van der Waals surface area contributed by atoms with Crippen molar-refractivity contribution in [1.82, 2.24) is 4.31 Å². The molecule has 2 N–H and O–H groups in total.